The summed E-state index contributed by atoms with van der Waals surface area (Å²) in [4.78, 5) is 38.2. The normalized spacial score (nSPS) is 20.8. The number of nitrogens with zero attached hydrogens (tertiary/aromatic N) is 4. The summed E-state index contributed by atoms with van der Waals surface area (Å²) in [6.07, 6.45) is 1.80. The number of anilines is 2. The molecule has 0 radical (unpaired) electrons. The number of halogens is 3. The van der Waals surface area contributed by atoms with Crippen molar-refractivity contribution in [3.05, 3.63) is 47.3 Å². The summed E-state index contributed by atoms with van der Waals surface area (Å²) < 4.78 is 41.6. The van der Waals surface area contributed by atoms with Crippen LogP contribution in [0.3, 0.4) is 0 Å². The van der Waals surface area contributed by atoms with Gasteiger partial charge in [-0.2, -0.15) is 13.2 Å². The number of amides is 1. The van der Waals surface area contributed by atoms with Gasteiger partial charge in [0.15, 0.2) is 0 Å². The molecule has 1 N–H and O–H groups in total. The fraction of sp³-hybridized carbons (Fsp3) is 0.613. The van der Waals surface area contributed by atoms with Gasteiger partial charge in [0.25, 0.3) is 5.91 Å². The van der Waals surface area contributed by atoms with Gasteiger partial charge in [0, 0.05) is 48.9 Å². The topological polar surface area (TPSA) is 78.4 Å². The van der Waals surface area contributed by atoms with Crippen LogP contribution in [-0.2, 0) is 17.4 Å². The highest BCUT2D eigenvalue weighted by molar-refractivity contribution is 5.94. The first-order valence-corrected chi connectivity index (χ1v) is 14.7. The van der Waals surface area contributed by atoms with Crippen LogP contribution in [0.4, 0.5) is 24.8 Å². The molecule has 0 bridgehead atoms. The predicted molar refractivity (Wildman–Crippen MR) is 153 cm³/mol. The smallest absolute Gasteiger partial charge is 0.339 e. The molecular formula is C31H42F3N5O2. The minimum Gasteiger partial charge on any atom is -0.339 e. The molecule has 1 aromatic heterocycles. The number of rotatable bonds is 10. The lowest BCUT2D eigenvalue weighted by molar-refractivity contribution is -0.138. The third-order valence-electron chi connectivity index (χ3n) is 8.82. The molecule has 1 aliphatic carbocycles. The summed E-state index contributed by atoms with van der Waals surface area (Å²) in [5, 5.41) is 2.99. The van der Waals surface area contributed by atoms with Crippen molar-refractivity contribution in [1.82, 2.24) is 19.8 Å². The Bertz CT molecular complexity index is 1190. The van der Waals surface area contributed by atoms with E-state index >= 15 is 0 Å². The van der Waals surface area contributed by atoms with E-state index in [0.717, 1.165) is 38.3 Å². The van der Waals surface area contributed by atoms with Gasteiger partial charge in [-0.1, -0.05) is 26.7 Å². The summed E-state index contributed by atoms with van der Waals surface area (Å²) in [5.74, 6) is 0.0497. The Labute approximate surface area is 240 Å². The summed E-state index contributed by atoms with van der Waals surface area (Å²) in [6.45, 7) is 5.47. The SMILES string of the molecule is CC[C@@H](C)CC(=O)[C@H]1CCC[C@H]1Cc1nc(Nc2ccc(C(=O)N3CCC(N(C)C)CC3)cc2)ncc1C(F)(F)F. The van der Waals surface area contributed by atoms with Gasteiger partial charge in [-0.15, -0.1) is 0 Å². The van der Waals surface area contributed by atoms with E-state index in [2.05, 4.69) is 34.3 Å². The monoisotopic (exact) mass is 573 g/mol. The second kappa shape index (κ2) is 13.3. The maximum Gasteiger partial charge on any atom is 0.419 e. The molecule has 2 aromatic rings. The standard InChI is InChI=1S/C31H42F3N5O2/c1-5-20(2)17-28(40)25-8-6-7-22(25)18-27-26(31(32,33)34)19-35-30(37-27)36-23-11-9-21(10-12-23)29(41)39-15-13-24(14-16-39)38(3)4/h9-12,19-20,22,24-25H,5-8,13-18H2,1-4H3,(H,35,36,37)/t20-,22+,25+/m1/s1. The number of alkyl halides is 3. The molecular weight excluding hydrogens is 531 g/mol. The number of ketones is 1. The van der Waals surface area contributed by atoms with E-state index in [1.807, 2.05) is 18.7 Å². The summed E-state index contributed by atoms with van der Waals surface area (Å²) in [6, 6.07) is 7.31. The molecule has 2 fully saturated rings. The van der Waals surface area contributed by atoms with Crippen molar-refractivity contribution in [2.24, 2.45) is 17.8 Å². The maximum atomic E-state index is 13.9. The lowest BCUT2D eigenvalue weighted by Crippen LogP contribution is -2.44. The molecule has 2 aliphatic rings. The summed E-state index contributed by atoms with van der Waals surface area (Å²) in [7, 11) is 4.11. The van der Waals surface area contributed by atoms with Crippen molar-refractivity contribution in [2.45, 2.75) is 77.4 Å². The number of hydrogen-bond acceptors (Lipinski definition) is 6. The third-order valence-corrected chi connectivity index (χ3v) is 8.82. The Morgan fingerprint density at radius 1 is 1.10 bits per heavy atom. The molecule has 224 valence electrons. The molecule has 0 unspecified atom stereocenters. The molecule has 41 heavy (non-hydrogen) atoms. The largest absolute Gasteiger partial charge is 0.419 e. The Morgan fingerprint density at radius 2 is 1.78 bits per heavy atom. The number of piperidine rings is 1. The Kier molecular flexibility index (Phi) is 10.0. The van der Waals surface area contributed by atoms with E-state index in [0.29, 0.717) is 43.2 Å². The number of hydrogen-bond donors (Lipinski definition) is 1. The van der Waals surface area contributed by atoms with Gasteiger partial charge in [0.1, 0.15) is 5.78 Å². The molecule has 10 heteroatoms. The Hall–Kier alpha value is -3.01. The van der Waals surface area contributed by atoms with Crippen LogP contribution >= 0.6 is 0 Å². The number of carbonyl (C=O) groups excluding carboxylic acids is 2. The number of likely N-dealkylation sites (tertiary alicyclic amines) is 1. The van der Waals surface area contributed by atoms with Crippen LogP contribution in [0, 0.1) is 17.8 Å². The fourth-order valence-electron chi connectivity index (χ4n) is 6.06. The van der Waals surface area contributed by atoms with Crippen LogP contribution in [0.1, 0.15) is 80.4 Å². The maximum absolute atomic E-state index is 13.9. The molecule has 7 nitrogen and oxygen atoms in total. The minimum absolute atomic E-state index is 0.0317. The van der Waals surface area contributed by atoms with Gasteiger partial charge in [-0.05, 0) is 82.3 Å². The van der Waals surface area contributed by atoms with Crippen LogP contribution in [-0.4, -0.2) is 64.7 Å². The molecule has 3 atom stereocenters. The first kappa shape index (κ1) is 30.9. The first-order valence-electron chi connectivity index (χ1n) is 14.7. The van der Waals surface area contributed by atoms with Crippen LogP contribution in [0.2, 0.25) is 0 Å². The zero-order valence-electron chi connectivity index (χ0n) is 24.5. The minimum atomic E-state index is -4.59. The Morgan fingerprint density at radius 3 is 2.39 bits per heavy atom. The van der Waals surface area contributed by atoms with Gasteiger partial charge in [-0.3, -0.25) is 9.59 Å². The predicted octanol–water partition coefficient (Wildman–Crippen LogP) is 6.37. The lowest BCUT2D eigenvalue weighted by atomic mass is 9.84. The summed E-state index contributed by atoms with van der Waals surface area (Å²) >= 11 is 0. The fourth-order valence-corrected chi connectivity index (χ4v) is 6.06. The van der Waals surface area contributed by atoms with Crippen molar-refractivity contribution in [3.63, 3.8) is 0 Å². The van der Waals surface area contributed by atoms with Crippen molar-refractivity contribution in [3.8, 4) is 0 Å². The van der Waals surface area contributed by atoms with E-state index in [1.165, 1.54) is 0 Å². The molecule has 1 saturated carbocycles. The number of aromatic nitrogens is 2. The molecule has 2 heterocycles. The van der Waals surface area contributed by atoms with Gasteiger partial charge < -0.3 is 15.1 Å². The van der Waals surface area contributed by atoms with Crippen LogP contribution < -0.4 is 5.32 Å². The van der Waals surface area contributed by atoms with Crippen molar-refractivity contribution in [2.75, 3.05) is 32.5 Å². The molecule has 1 saturated heterocycles. The van der Waals surface area contributed by atoms with Crippen LogP contribution in [0.5, 0.6) is 0 Å². The highest BCUT2D eigenvalue weighted by Gasteiger charge is 2.39. The van der Waals surface area contributed by atoms with E-state index in [-0.39, 0.29) is 47.5 Å². The van der Waals surface area contributed by atoms with Crippen molar-refractivity contribution in [1.29, 1.82) is 0 Å². The molecule has 1 aliphatic heterocycles. The quantitative estimate of drug-likeness (QED) is 0.356. The van der Waals surface area contributed by atoms with E-state index in [9.17, 15) is 22.8 Å². The second-order valence-corrected chi connectivity index (χ2v) is 11.9. The highest BCUT2D eigenvalue weighted by atomic mass is 19.4. The number of carbonyl (C=O) groups is 2. The van der Waals surface area contributed by atoms with Crippen molar-refractivity contribution >= 4 is 23.3 Å². The van der Waals surface area contributed by atoms with Crippen LogP contribution in [0.15, 0.2) is 30.5 Å². The van der Waals surface area contributed by atoms with Crippen LogP contribution in [0.25, 0.3) is 0 Å². The Balaban J connectivity index is 1.45. The first-order chi connectivity index (χ1) is 19.5. The number of benzene rings is 1. The van der Waals surface area contributed by atoms with Gasteiger partial charge >= 0.3 is 6.18 Å². The third kappa shape index (κ3) is 7.84. The average molecular weight is 574 g/mol. The van der Waals surface area contributed by atoms with Gasteiger partial charge in [0.2, 0.25) is 5.95 Å². The molecule has 4 rings (SSSR count). The number of nitrogens with one attached hydrogen (secondary N) is 1. The van der Waals surface area contributed by atoms with Gasteiger partial charge in [-0.25, -0.2) is 9.97 Å². The highest BCUT2D eigenvalue weighted by Crippen LogP contribution is 2.39. The zero-order valence-corrected chi connectivity index (χ0v) is 24.5. The molecule has 1 amide bonds. The molecule has 0 spiro atoms. The van der Waals surface area contributed by atoms with Gasteiger partial charge in [0.05, 0.1) is 11.3 Å². The van der Waals surface area contributed by atoms with E-state index in [4.69, 9.17) is 0 Å². The lowest BCUT2D eigenvalue weighted by Gasteiger charge is -2.35. The van der Waals surface area contributed by atoms with E-state index in [1.54, 1.807) is 24.3 Å². The zero-order chi connectivity index (χ0) is 29.7. The van der Waals surface area contributed by atoms with E-state index < -0.39 is 11.7 Å². The van der Waals surface area contributed by atoms with Crippen molar-refractivity contribution < 1.29 is 22.8 Å². The summed E-state index contributed by atoms with van der Waals surface area (Å²) in [5.41, 5.74) is 0.182. The second-order valence-electron chi connectivity index (χ2n) is 11.9. The number of Topliss-reactive ketones (excluding diaryl/α,β-unsaturated/α-hetero) is 1. The average Bonchev–Trinajstić information content (AvgIpc) is 3.41. The molecule has 1 aromatic carbocycles.